The Morgan fingerprint density at radius 3 is 2.50 bits per heavy atom. The zero-order chi connectivity index (χ0) is 20.3. The van der Waals surface area contributed by atoms with Gasteiger partial charge >= 0.3 is 5.97 Å². The first kappa shape index (κ1) is 20.0. The Bertz CT molecular complexity index is 1110. The molecule has 0 saturated carbocycles. The van der Waals surface area contributed by atoms with Crippen LogP contribution in [0.5, 0.6) is 0 Å². The molecule has 0 saturated heterocycles. The van der Waals surface area contributed by atoms with Gasteiger partial charge in [-0.15, -0.1) is 0 Å². The highest BCUT2D eigenvalue weighted by atomic mass is 32.2. The maximum absolute atomic E-state index is 13.0. The predicted molar refractivity (Wildman–Crippen MR) is 104 cm³/mol. The fraction of sp³-hybridized carbons (Fsp3) is 0.250. The summed E-state index contributed by atoms with van der Waals surface area (Å²) in [6, 6.07) is 12.3. The van der Waals surface area contributed by atoms with Crippen molar-refractivity contribution < 1.29 is 22.7 Å². The summed E-state index contributed by atoms with van der Waals surface area (Å²) in [5.41, 5.74) is 2.81. The van der Waals surface area contributed by atoms with Crippen LogP contribution in [-0.2, 0) is 27.8 Å². The number of nitrogens with one attached hydrogen (secondary N) is 1. The van der Waals surface area contributed by atoms with Gasteiger partial charge in [0.05, 0.1) is 4.90 Å². The van der Waals surface area contributed by atoms with E-state index in [0.717, 1.165) is 34.3 Å². The zero-order valence-corrected chi connectivity index (χ0v) is 16.2. The first-order valence-corrected chi connectivity index (χ1v) is 10.3. The van der Waals surface area contributed by atoms with Crippen molar-refractivity contribution in [3.05, 3.63) is 65.6 Å². The fourth-order valence-electron chi connectivity index (χ4n) is 3.33. The minimum Gasteiger partial charge on any atom is -0.481 e. The molecule has 0 bridgehead atoms. The number of fused-ring (bicyclic) bond motifs is 1. The van der Waals surface area contributed by atoms with Crippen LogP contribution in [0, 0.1) is 12.7 Å². The molecule has 3 aromatic rings. The van der Waals surface area contributed by atoms with E-state index in [0.29, 0.717) is 13.0 Å². The number of sulfonamides is 1. The molecule has 0 aliphatic rings. The number of aryl methyl sites for hydroxylation is 1. The molecule has 28 heavy (non-hydrogen) atoms. The Hall–Kier alpha value is -2.71. The second kappa shape index (κ2) is 8.12. The van der Waals surface area contributed by atoms with Crippen molar-refractivity contribution >= 4 is 26.9 Å². The van der Waals surface area contributed by atoms with Crippen molar-refractivity contribution in [1.29, 1.82) is 0 Å². The van der Waals surface area contributed by atoms with E-state index in [1.54, 1.807) is 0 Å². The lowest BCUT2D eigenvalue weighted by atomic mass is 10.1. The molecule has 0 fully saturated rings. The third-order valence-corrected chi connectivity index (χ3v) is 6.18. The fourth-order valence-corrected chi connectivity index (χ4v) is 4.35. The van der Waals surface area contributed by atoms with E-state index >= 15 is 0 Å². The van der Waals surface area contributed by atoms with Crippen molar-refractivity contribution in [3.63, 3.8) is 0 Å². The number of aliphatic carboxylic acids is 1. The number of carboxylic acids is 1. The largest absolute Gasteiger partial charge is 0.481 e. The number of hydrogen-bond donors (Lipinski definition) is 2. The maximum atomic E-state index is 13.0. The molecule has 8 heteroatoms. The molecule has 2 aromatic carbocycles. The predicted octanol–water partition coefficient (Wildman–Crippen LogP) is 3.08. The van der Waals surface area contributed by atoms with Crippen molar-refractivity contribution in [1.82, 2.24) is 9.29 Å². The molecule has 0 atom stereocenters. The van der Waals surface area contributed by atoms with Crippen LogP contribution < -0.4 is 4.72 Å². The van der Waals surface area contributed by atoms with Crippen LogP contribution in [0.15, 0.2) is 53.4 Å². The number of para-hydroxylation sites is 1. The normalized spacial score (nSPS) is 11.8. The third-order valence-electron chi connectivity index (χ3n) is 4.70. The second-order valence-electron chi connectivity index (χ2n) is 6.48. The molecule has 0 unspecified atom stereocenters. The van der Waals surface area contributed by atoms with Crippen molar-refractivity contribution in [2.75, 3.05) is 6.54 Å². The number of benzene rings is 2. The maximum Gasteiger partial charge on any atom is 0.303 e. The Morgan fingerprint density at radius 2 is 1.82 bits per heavy atom. The molecule has 6 nitrogen and oxygen atoms in total. The van der Waals surface area contributed by atoms with Crippen molar-refractivity contribution in [2.45, 2.75) is 31.2 Å². The molecule has 3 rings (SSSR count). The molecule has 0 aliphatic heterocycles. The molecule has 2 N–H and O–H groups in total. The Balaban J connectivity index is 1.80. The van der Waals surface area contributed by atoms with Gasteiger partial charge in [-0.05, 0) is 49.2 Å². The Morgan fingerprint density at radius 1 is 1.14 bits per heavy atom. The van der Waals surface area contributed by atoms with Gasteiger partial charge in [0, 0.05) is 36.1 Å². The smallest absolute Gasteiger partial charge is 0.303 e. The molecule has 0 radical (unpaired) electrons. The number of carbonyl (C=O) groups is 1. The van der Waals surface area contributed by atoms with Gasteiger partial charge in [0.15, 0.2) is 0 Å². The molecule has 0 amide bonds. The van der Waals surface area contributed by atoms with Crippen LogP contribution in [-0.4, -0.2) is 30.6 Å². The summed E-state index contributed by atoms with van der Waals surface area (Å²) in [6.07, 6.45) is 0.446. The minimum absolute atomic E-state index is 0.00475. The second-order valence-corrected chi connectivity index (χ2v) is 8.25. The molecule has 0 spiro atoms. The molecule has 1 heterocycles. The molecular weight excluding hydrogens is 383 g/mol. The molecule has 1 aromatic heterocycles. The first-order valence-electron chi connectivity index (χ1n) is 8.83. The van der Waals surface area contributed by atoms with E-state index in [4.69, 9.17) is 5.11 Å². The highest BCUT2D eigenvalue weighted by Crippen LogP contribution is 2.27. The summed E-state index contributed by atoms with van der Waals surface area (Å²) in [5.74, 6) is -1.36. The van der Waals surface area contributed by atoms with Gasteiger partial charge in [-0.1, -0.05) is 18.2 Å². The monoisotopic (exact) mass is 404 g/mol. The Labute approximate surface area is 162 Å². The highest BCUT2D eigenvalue weighted by molar-refractivity contribution is 7.89. The van der Waals surface area contributed by atoms with E-state index in [1.807, 2.05) is 35.8 Å². The van der Waals surface area contributed by atoms with E-state index in [9.17, 15) is 17.6 Å². The summed E-state index contributed by atoms with van der Waals surface area (Å²) < 4.78 is 42.2. The summed E-state index contributed by atoms with van der Waals surface area (Å²) in [5, 5.41) is 9.97. The number of rotatable bonds is 8. The van der Waals surface area contributed by atoms with Gasteiger partial charge in [-0.3, -0.25) is 4.79 Å². The standard InChI is InChI=1S/C20H21FN2O4S/c1-14-17(10-11-20(24)25)18-4-2-3-5-19(18)23(14)13-12-22-28(26,27)16-8-6-15(21)7-9-16/h2-9,22H,10-13H2,1H3,(H,24,25). The summed E-state index contributed by atoms with van der Waals surface area (Å²) in [7, 11) is -3.74. The van der Waals surface area contributed by atoms with Gasteiger partial charge < -0.3 is 9.67 Å². The lowest BCUT2D eigenvalue weighted by Gasteiger charge is -2.11. The van der Waals surface area contributed by atoms with Crippen molar-refractivity contribution in [3.8, 4) is 0 Å². The van der Waals surface area contributed by atoms with Gasteiger partial charge in [0.1, 0.15) is 5.82 Å². The summed E-state index contributed by atoms with van der Waals surface area (Å²) in [6.45, 7) is 2.45. The van der Waals surface area contributed by atoms with Gasteiger partial charge in [-0.25, -0.2) is 17.5 Å². The number of halogens is 1. The lowest BCUT2D eigenvalue weighted by molar-refractivity contribution is -0.136. The minimum atomic E-state index is -3.74. The molecular formula is C20H21FN2O4S. The third kappa shape index (κ3) is 4.23. The number of nitrogens with zero attached hydrogens (tertiary/aromatic N) is 1. The average Bonchev–Trinajstić information content (AvgIpc) is 2.92. The van der Waals surface area contributed by atoms with Crippen LogP contribution in [0.4, 0.5) is 4.39 Å². The van der Waals surface area contributed by atoms with E-state index in [1.165, 1.54) is 12.1 Å². The van der Waals surface area contributed by atoms with Crippen LogP contribution >= 0.6 is 0 Å². The lowest BCUT2D eigenvalue weighted by Crippen LogP contribution is -2.27. The van der Waals surface area contributed by atoms with E-state index < -0.39 is 21.8 Å². The van der Waals surface area contributed by atoms with Crippen molar-refractivity contribution in [2.24, 2.45) is 0 Å². The SMILES string of the molecule is Cc1c(CCC(=O)O)c2ccccc2n1CCNS(=O)(=O)c1ccc(F)cc1. The first-order chi connectivity index (χ1) is 13.3. The van der Waals surface area contributed by atoms with E-state index in [-0.39, 0.29) is 17.9 Å². The van der Waals surface area contributed by atoms with Crippen LogP contribution in [0.2, 0.25) is 0 Å². The Kier molecular flexibility index (Phi) is 5.81. The summed E-state index contributed by atoms with van der Waals surface area (Å²) >= 11 is 0. The van der Waals surface area contributed by atoms with Crippen LogP contribution in [0.25, 0.3) is 10.9 Å². The molecule has 148 valence electrons. The molecule has 0 aliphatic carbocycles. The zero-order valence-electron chi connectivity index (χ0n) is 15.4. The van der Waals surface area contributed by atoms with Gasteiger partial charge in [0.25, 0.3) is 0 Å². The topological polar surface area (TPSA) is 88.4 Å². The number of hydrogen-bond acceptors (Lipinski definition) is 3. The van der Waals surface area contributed by atoms with Crippen LogP contribution in [0.3, 0.4) is 0 Å². The summed E-state index contributed by atoms with van der Waals surface area (Å²) in [4.78, 5) is 11.0. The van der Waals surface area contributed by atoms with Crippen LogP contribution in [0.1, 0.15) is 17.7 Å². The number of carboxylic acid groups (broad SMARTS) is 1. The van der Waals surface area contributed by atoms with Gasteiger partial charge in [-0.2, -0.15) is 0 Å². The quantitative estimate of drug-likeness (QED) is 0.604. The average molecular weight is 404 g/mol. The highest BCUT2D eigenvalue weighted by Gasteiger charge is 2.17. The number of aromatic nitrogens is 1. The van der Waals surface area contributed by atoms with E-state index in [2.05, 4.69) is 4.72 Å². The van der Waals surface area contributed by atoms with Gasteiger partial charge in [0.2, 0.25) is 10.0 Å².